The van der Waals surface area contributed by atoms with E-state index in [0.29, 0.717) is 6.54 Å². The Morgan fingerprint density at radius 3 is 2.42 bits per heavy atom. The number of nitrogens with one attached hydrogen (secondary N) is 2. The molecule has 0 unspecified atom stereocenters. The van der Waals surface area contributed by atoms with E-state index >= 15 is 0 Å². The first-order chi connectivity index (χ1) is 12.5. The number of amides is 1. The molecule has 1 heterocycles. The molecule has 6 nitrogen and oxygen atoms in total. The first-order valence-corrected chi connectivity index (χ1v) is 10.3. The number of carbonyl (C=O) groups is 1. The third-order valence-electron chi connectivity index (χ3n) is 5.12. The molecule has 0 spiro atoms. The Kier molecular flexibility index (Phi) is 5.48. The number of carbonyl (C=O) groups excluding carboxylic acids is 1. The van der Waals surface area contributed by atoms with Crippen LogP contribution >= 0.6 is 0 Å². The van der Waals surface area contributed by atoms with Gasteiger partial charge in [-0.3, -0.25) is 4.79 Å². The summed E-state index contributed by atoms with van der Waals surface area (Å²) in [6.07, 6.45) is 5.53. The summed E-state index contributed by atoms with van der Waals surface area (Å²) in [5.41, 5.74) is 1.15. The minimum atomic E-state index is -3.70. The molecule has 2 aromatic rings. The van der Waals surface area contributed by atoms with E-state index in [9.17, 15) is 13.2 Å². The van der Waals surface area contributed by atoms with Gasteiger partial charge in [0.2, 0.25) is 5.09 Å². The van der Waals surface area contributed by atoms with Gasteiger partial charge in [0, 0.05) is 12.0 Å². The monoisotopic (exact) mass is 376 g/mol. The van der Waals surface area contributed by atoms with Crippen molar-refractivity contribution in [3.05, 3.63) is 53.8 Å². The van der Waals surface area contributed by atoms with E-state index in [1.807, 2.05) is 18.2 Å². The number of furan rings is 1. The normalized spacial score (nSPS) is 17.0. The third-order valence-corrected chi connectivity index (χ3v) is 6.41. The van der Waals surface area contributed by atoms with Crippen molar-refractivity contribution in [2.45, 2.75) is 42.6 Å². The summed E-state index contributed by atoms with van der Waals surface area (Å²) in [5.74, 6) is -0.402. The van der Waals surface area contributed by atoms with E-state index in [1.165, 1.54) is 31.2 Å². The van der Waals surface area contributed by atoms with E-state index < -0.39 is 15.9 Å². The van der Waals surface area contributed by atoms with Crippen LogP contribution in [0.2, 0.25) is 0 Å². The lowest BCUT2D eigenvalue weighted by Gasteiger charge is -2.38. The van der Waals surface area contributed by atoms with Crippen LogP contribution in [0.15, 0.2) is 52.0 Å². The van der Waals surface area contributed by atoms with Crippen LogP contribution in [0.5, 0.6) is 0 Å². The van der Waals surface area contributed by atoms with Gasteiger partial charge in [0.05, 0.1) is 0 Å². The van der Waals surface area contributed by atoms with Crippen LogP contribution in [0.4, 0.5) is 0 Å². The quantitative estimate of drug-likeness (QED) is 0.811. The minimum Gasteiger partial charge on any atom is -0.438 e. The molecule has 26 heavy (non-hydrogen) atoms. The summed E-state index contributed by atoms with van der Waals surface area (Å²) >= 11 is 0. The molecule has 1 aromatic carbocycles. The van der Waals surface area contributed by atoms with Gasteiger partial charge in [-0.05, 0) is 37.6 Å². The fraction of sp³-hybridized carbons (Fsp3) is 0.421. The zero-order chi connectivity index (χ0) is 18.6. The highest BCUT2D eigenvalue weighted by molar-refractivity contribution is 7.89. The fourth-order valence-corrected chi connectivity index (χ4v) is 4.26. The van der Waals surface area contributed by atoms with Crippen molar-refractivity contribution in [3.63, 3.8) is 0 Å². The minimum absolute atomic E-state index is 0.00199. The fourth-order valence-electron chi connectivity index (χ4n) is 3.61. The maximum Gasteiger partial charge on any atom is 0.287 e. The van der Waals surface area contributed by atoms with Crippen molar-refractivity contribution in [2.24, 2.45) is 0 Å². The molecule has 1 aliphatic rings. The van der Waals surface area contributed by atoms with Crippen molar-refractivity contribution in [3.8, 4) is 0 Å². The van der Waals surface area contributed by atoms with Crippen molar-refractivity contribution in [1.29, 1.82) is 0 Å². The average molecular weight is 376 g/mol. The zero-order valence-corrected chi connectivity index (χ0v) is 15.6. The largest absolute Gasteiger partial charge is 0.438 e. The SMILES string of the molecule is CNS(=O)(=O)c1ccc(C(=O)NCC2(c3ccccc3)CCCCC2)o1. The van der Waals surface area contributed by atoms with Crippen LogP contribution in [0, 0.1) is 0 Å². The zero-order valence-electron chi connectivity index (χ0n) is 14.8. The highest BCUT2D eigenvalue weighted by atomic mass is 32.2. The second-order valence-corrected chi connectivity index (χ2v) is 8.53. The van der Waals surface area contributed by atoms with Gasteiger partial charge in [0.15, 0.2) is 5.76 Å². The lowest BCUT2D eigenvalue weighted by Crippen LogP contribution is -2.42. The van der Waals surface area contributed by atoms with Crippen LogP contribution < -0.4 is 10.0 Å². The molecular weight excluding hydrogens is 352 g/mol. The Morgan fingerprint density at radius 1 is 1.08 bits per heavy atom. The van der Waals surface area contributed by atoms with E-state index in [1.54, 1.807) is 0 Å². The summed E-state index contributed by atoms with van der Waals surface area (Å²) in [5, 5.41) is 2.68. The van der Waals surface area contributed by atoms with Crippen molar-refractivity contribution in [2.75, 3.05) is 13.6 Å². The second-order valence-electron chi connectivity index (χ2n) is 6.72. The van der Waals surface area contributed by atoms with Gasteiger partial charge in [-0.2, -0.15) is 0 Å². The standard InChI is InChI=1S/C19H24N2O4S/c1-20-26(23,24)17-11-10-16(25-17)18(22)21-14-19(12-6-3-7-13-19)15-8-4-2-5-9-15/h2,4-5,8-11,20H,3,6-7,12-14H2,1H3,(H,21,22). The Bertz CT molecular complexity index is 853. The first-order valence-electron chi connectivity index (χ1n) is 8.84. The Labute approximate surface area is 154 Å². The number of hydrogen-bond acceptors (Lipinski definition) is 4. The van der Waals surface area contributed by atoms with E-state index in [4.69, 9.17) is 4.42 Å². The van der Waals surface area contributed by atoms with Crippen LogP contribution in [0.1, 0.15) is 48.2 Å². The topological polar surface area (TPSA) is 88.4 Å². The van der Waals surface area contributed by atoms with Crippen LogP contribution in [0.3, 0.4) is 0 Å². The molecule has 0 aliphatic heterocycles. The molecule has 0 atom stereocenters. The highest BCUT2D eigenvalue weighted by Gasteiger charge is 2.34. The van der Waals surface area contributed by atoms with Crippen LogP contribution in [-0.4, -0.2) is 27.9 Å². The lowest BCUT2D eigenvalue weighted by atomic mass is 9.69. The molecule has 1 saturated carbocycles. The molecule has 0 bridgehead atoms. The smallest absolute Gasteiger partial charge is 0.287 e. The van der Waals surface area contributed by atoms with E-state index in [0.717, 1.165) is 25.7 Å². The molecule has 0 saturated heterocycles. The third kappa shape index (κ3) is 3.83. The molecule has 140 valence electrons. The number of rotatable bonds is 6. The predicted octanol–water partition coefficient (Wildman–Crippen LogP) is 2.82. The highest BCUT2D eigenvalue weighted by Crippen LogP contribution is 2.39. The maximum atomic E-state index is 12.5. The summed E-state index contributed by atoms with van der Waals surface area (Å²) < 4.78 is 30.9. The van der Waals surface area contributed by atoms with Gasteiger partial charge >= 0.3 is 0 Å². The molecule has 1 aliphatic carbocycles. The second kappa shape index (κ2) is 7.63. The molecule has 1 aromatic heterocycles. The molecule has 0 radical (unpaired) electrons. The molecule has 7 heteroatoms. The van der Waals surface area contributed by atoms with Crippen LogP contribution in [-0.2, 0) is 15.4 Å². The molecule has 2 N–H and O–H groups in total. The van der Waals surface area contributed by atoms with Gasteiger partial charge < -0.3 is 9.73 Å². The summed E-state index contributed by atoms with van der Waals surface area (Å²) in [6, 6.07) is 12.9. The van der Waals surface area contributed by atoms with Gasteiger partial charge in [0.25, 0.3) is 15.9 Å². The summed E-state index contributed by atoms with van der Waals surface area (Å²) in [7, 11) is -2.40. The number of hydrogen-bond donors (Lipinski definition) is 2. The summed E-state index contributed by atoms with van der Waals surface area (Å²) in [6.45, 7) is 0.505. The van der Waals surface area contributed by atoms with Crippen molar-refractivity contribution < 1.29 is 17.6 Å². The van der Waals surface area contributed by atoms with Crippen molar-refractivity contribution >= 4 is 15.9 Å². The number of sulfonamides is 1. The van der Waals surface area contributed by atoms with E-state index in [-0.39, 0.29) is 16.3 Å². The molecular formula is C19H24N2O4S. The average Bonchev–Trinajstić information content (AvgIpc) is 3.19. The van der Waals surface area contributed by atoms with Gasteiger partial charge in [0.1, 0.15) is 0 Å². The summed E-state index contributed by atoms with van der Waals surface area (Å²) in [4.78, 5) is 12.5. The molecule has 1 fully saturated rings. The first kappa shape index (κ1) is 18.7. The lowest BCUT2D eigenvalue weighted by molar-refractivity contribution is 0.0903. The van der Waals surface area contributed by atoms with Gasteiger partial charge in [-0.1, -0.05) is 49.6 Å². The van der Waals surface area contributed by atoms with E-state index in [2.05, 4.69) is 22.2 Å². The number of benzene rings is 1. The van der Waals surface area contributed by atoms with Crippen LogP contribution in [0.25, 0.3) is 0 Å². The molecule has 3 rings (SSSR count). The van der Waals surface area contributed by atoms with Gasteiger partial charge in [-0.25, -0.2) is 13.1 Å². The molecule has 1 amide bonds. The Balaban J connectivity index is 1.74. The Hall–Kier alpha value is -2.12. The van der Waals surface area contributed by atoms with Crippen molar-refractivity contribution in [1.82, 2.24) is 10.0 Å². The maximum absolute atomic E-state index is 12.5. The van der Waals surface area contributed by atoms with Gasteiger partial charge in [-0.15, -0.1) is 0 Å². The predicted molar refractivity (Wildman–Crippen MR) is 98.5 cm³/mol. The Morgan fingerprint density at radius 2 is 1.77 bits per heavy atom.